The van der Waals surface area contributed by atoms with Crippen LogP contribution in [0.5, 0.6) is 0 Å². The second-order valence-corrected chi connectivity index (χ2v) is 8.29. The van der Waals surface area contributed by atoms with Crippen LogP contribution < -0.4 is 5.73 Å². The van der Waals surface area contributed by atoms with Crippen molar-refractivity contribution in [1.29, 1.82) is 0 Å². The van der Waals surface area contributed by atoms with Crippen LogP contribution in [0.15, 0.2) is 30.6 Å². The van der Waals surface area contributed by atoms with E-state index in [9.17, 15) is 5.11 Å². The van der Waals surface area contributed by atoms with E-state index < -0.39 is 0 Å². The van der Waals surface area contributed by atoms with Crippen molar-refractivity contribution in [3.63, 3.8) is 0 Å². The molecule has 3 aromatic rings. The highest BCUT2D eigenvalue weighted by Crippen LogP contribution is 2.34. The lowest BCUT2D eigenvalue weighted by molar-refractivity contribution is 0.158. The number of nitrogen functional groups attached to an aromatic ring is 1. The molecular formula is C23H27N3O. The summed E-state index contributed by atoms with van der Waals surface area (Å²) in [5.74, 6) is 0. The number of hydrogen-bond donors (Lipinski definition) is 2. The van der Waals surface area contributed by atoms with E-state index in [1.807, 2.05) is 6.33 Å². The quantitative estimate of drug-likeness (QED) is 0.679. The number of anilines is 1. The lowest BCUT2D eigenvalue weighted by Gasteiger charge is -2.25. The fraction of sp³-hybridized carbons (Fsp3) is 0.435. The first kappa shape index (κ1) is 16.8. The van der Waals surface area contributed by atoms with Gasteiger partial charge in [-0.3, -0.25) is 0 Å². The molecule has 4 nitrogen and oxygen atoms in total. The smallest absolute Gasteiger partial charge is 0.0964 e. The molecule has 0 saturated heterocycles. The predicted molar refractivity (Wildman–Crippen MR) is 109 cm³/mol. The van der Waals surface area contributed by atoms with Gasteiger partial charge in [-0.25, -0.2) is 4.98 Å². The minimum absolute atomic E-state index is 0.112. The van der Waals surface area contributed by atoms with Crippen LogP contribution in [0.1, 0.15) is 60.0 Å². The van der Waals surface area contributed by atoms with Gasteiger partial charge in [0.2, 0.25) is 0 Å². The van der Waals surface area contributed by atoms with Crippen molar-refractivity contribution < 1.29 is 5.11 Å². The zero-order valence-electron chi connectivity index (χ0n) is 15.9. The molecule has 2 atom stereocenters. The Kier molecular flexibility index (Phi) is 3.97. The number of nitrogens with zero attached hydrogens (tertiary/aromatic N) is 2. The number of aliphatic hydroxyl groups is 1. The molecule has 1 heterocycles. The van der Waals surface area contributed by atoms with E-state index in [1.54, 1.807) is 0 Å². The summed E-state index contributed by atoms with van der Waals surface area (Å²) in [4.78, 5) is 4.68. The van der Waals surface area contributed by atoms with Gasteiger partial charge in [-0.1, -0.05) is 6.07 Å². The van der Waals surface area contributed by atoms with E-state index in [4.69, 9.17) is 5.73 Å². The minimum Gasteiger partial charge on any atom is -0.398 e. The standard InChI is InChI=1S/C23H27N3O/c1-14(20-9-18-8-19(27)7-6-17(18)10-21(20)24)26-13-25-22-11-15-4-2-3-5-16(15)12-23(22)26/h9-14,19,27H,2-8,24H2,1H3/t14-,19+/m1/s1. The lowest BCUT2D eigenvalue weighted by atomic mass is 9.87. The summed E-state index contributed by atoms with van der Waals surface area (Å²) in [5.41, 5.74) is 16.2. The normalized spacial score (nSPS) is 20.3. The van der Waals surface area contributed by atoms with E-state index in [0.29, 0.717) is 0 Å². The van der Waals surface area contributed by atoms with Crippen molar-refractivity contribution in [2.75, 3.05) is 5.73 Å². The third-order valence-corrected chi connectivity index (χ3v) is 6.51. The Labute approximate surface area is 160 Å². The number of hydrogen-bond acceptors (Lipinski definition) is 3. The van der Waals surface area contributed by atoms with Crippen LogP contribution in [0.3, 0.4) is 0 Å². The molecule has 0 unspecified atom stereocenters. The fourth-order valence-electron chi connectivity index (χ4n) is 4.91. The molecule has 0 bridgehead atoms. The summed E-state index contributed by atoms with van der Waals surface area (Å²) in [6.45, 7) is 2.19. The highest BCUT2D eigenvalue weighted by atomic mass is 16.3. The second-order valence-electron chi connectivity index (χ2n) is 8.29. The van der Waals surface area contributed by atoms with Crippen LogP contribution in [-0.2, 0) is 25.7 Å². The van der Waals surface area contributed by atoms with Gasteiger partial charge in [-0.15, -0.1) is 0 Å². The summed E-state index contributed by atoms with van der Waals surface area (Å²) < 4.78 is 2.25. The number of aromatic nitrogens is 2. The Balaban J connectivity index is 1.58. The number of fused-ring (bicyclic) bond motifs is 3. The first-order valence-electron chi connectivity index (χ1n) is 10.2. The van der Waals surface area contributed by atoms with Gasteiger partial charge in [0, 0.05) is 5.69 Å². The molecule has 0 saturated carbocycles. The number of aliphatic hydroxyl groups excluding tert-OH is 1. The zero-order chi connectivity index (χ0) is 18.5. The van der Waals surface area contributed by atoms with E-state index >= 15 is 0 Å². The molecule has 0 amide bonds. The largest absolute Gasteiger partial charge is 0.398 e. The summed E-state index contributed by atoms with van der Waals surface area (Å²) in [5, 5.41) is 10.0. The van der Waals surface area contributed by atoms with Gasteiger partial charge in [0.1, 0.15) is 0 Å². The van der Waals surface area contributed by atoms with Crippen molar-refractivity contribution in [2.24, 2.45) is 0 Å². The number of aryl methyl sites for hydroxylation is 3. The van der Waals surface area contributed by atoms with Gasteiger partial charge in [0.15, 0.2) is 0 Å². The highest BCUT2D eigenvalue weighted by Gasteiger charge is 2.22. The number of imidazole rings is 1. The van der Waals surface area contributed by atoms with E-state index in [0.717, 1.165) is 36.0 Å². The topological polar surface area (TPSA) is 64.1 Å². The maximum Gasteiger partial charge on any atom is 0.0964 e. The first-order valence-corrected chi connectivity index (χ1v) is 10.2. The molecule has 0 aliphatic heterocycles. The third kappa shape index (κ3) is 2.83. The van der Waals surface area contributed by atoms with Gasteiger partial charge >= 0.3 is 0 Å². The summed E-state index contributed by atoms with van der Waals surface area (Å²) >= 11 is 0. The number of benzene rings is 2. The lowest BCUT2D eigenvalue weighted by Crippen LogP contribution is -2.20. The Bertz CT molecular complexity index is 1020. The van der Waals surface area contributed by atoms with Gasteiger partial charge in [0.05, 0.1) is 29.5 Å². The maximum absolute atomic E-state index is 10.0. The van der Waals surface area contributed by atoms with E-state index in [2.05, 4.69) is 40.7 Å². The zero-order valence-corrected chi connectivity index (χ0v) is 15.9. The fourth-order valence-corrected chi connectivity index (χ4v) is 4.91. The predicted octanol–water partition coefficient (Wildman–Crippen LogP) is 3.96. The second kappa shape index (κ2) is 6.38. The van der Waals surface area contributed by atoms with Gasteiger partial charge < -0.3 is 15.4 Å². The Morgan fingerprint density at radius 1 is 1.04 bits per heavy atom. The van der Waals surface area contributed by atoms with Gasteiger partial charge in [-0.05, 0) is 97.9 Å². The molecule has 140 valence electrons. The maximum atomic E-state index is 10.0. The third-order valence-electron chi connectivity index (χ3n) is 6.51. The van der Waals surface area contributed by atoms with E-state index in [1.165, 1.54) is 53.5 Å². The van der Waals surface area contributed by atoms with Gasteiger partial charge in [-0.2, -0.15) is 0 Å². The van der Waals surface area contributed by atoms with Crippen LogP contribution in [0.25, 0.3) is 11.0 Å². The van der Waals surface area contributed by atoms with E-state index in [-0.39, 0.29) is 12.1 Å². The Morgan fingerprint density at radius 3 is 2.59 bits per heavy atom. The van der Waals surface area contributed by atoms with Crippen molar-refractivity contribution in [3.05, 3.63) is 58.4 Å². The van der Waals surface area contributed by atoms with Crippen LogP contribution >= 0.6 is 0 Å². The van der Waals surface area contributed by atoms with Crippen molar-refractivity contribution in [2.45, 2.75) is 64.0 Å². The van der Waals surface area contributed by atoms with Crippen LogP contribution in [0, 0.1) is 0 Å². The molecule has 2 aliphatic carbocycles. The van der Waals surface area contributed by atoms with Crippen molar-refractivity contribution in [3.8, 4) is 0 Å². The minimum atomic E-state index is -0.232. The molecule has 1 aromatic heterocycles. The molecule has 5 rings (SSSR count). The summed E-state index contributed by atoms with van der Waals surface area (Å²) in [6.07, 6.45) is 9.10. The van der Waals surface area contributed by atoms with Gasteiger partial charge in [0.25, 0.3) is 0 Å². The van der Waals surface area contributed by atoms with Crippen molar-refractivity contribution >= 4 is 16.7 Å². The summed E-state index contributed by atoms with van der Waals surface area (Å²) in [7, 11) is 0. The molecule has 0 spiro atoms. The average Bonchev–Trinajstić information content (AvgIpc) is 3.08. The van der Waals surface area contributed by atoms with Crippen LogP contribution in [0.2, 0.25) is 0 Å². The molecule has 0 fully saturated rings. The van der Waals surface area contributed by atoms with Crippen LogP contribution in [-0.4, -0.2) is 20.8 Å². The first-order chi connectivity index (χ1) is 13.1. The molecule has 3 N–H and O–H groups in total. The van der Waals surface area contributed by atoms with Crippen molar-refractivity contribution in [1.82, 2.24) is 9.55 Å². The molecule has 2 aromatic carbocycles. The molecular weight excluding hydrogens is 334 g/mol. The van der Waals surface area contributed by atoms with Crippen LogP contribution in [0.4, 0.5) is 5.69 Å². The summed E-state index contributed by atoms with van der Waals surface area (Å²) in [6, 6.07) is 9.06. The SMILES string of the molecule is C[C@H](c1cc2c(cc1N)CC[C@H](O)C2)n1cnc2cc3c(cc21)CCCC3. The molecule has 2 aliphatic rings. The highest BCUT2D eigenvalue weighted by molar-refractivity contribution is 5.78. The number of rotatable bonds is 2. The average molecular weight is 361 g/mol. The monoisotopic (exact) mass is 361 g/mol. The molecule has 0 radical (unpaired) electrons. The number of nitrogens with two attached hydrogens (primary N) is 1. The molecule has 4 heteroatoms. The Hall–Kier alpha value is -2.33. The molecule has 27 heavy (non-hydrogen) atoms. The Morgan fingerprint density at radius 2 is 1.78 bits per heavy atom.